The Hall–Kier alpha value is -3.65. The van der Waals surface area contributed by atoms with Crippen molar-refractivity contribution in [2.45, 2.75) is 19.4 Å². The van der Waals surface area contributed by atoms with Crippen LogP contribution in [0, 0.1) is 16.7 Å². The molecule has 0 atom stereocenters. The summed E-state index contributed by atoms with van der Waals surface area (Å²) in [5.74, 6) is 0. The molecule has 3 aromatic rings. The van der Waals surface area contributed by atoms with Crippen molar-refractivity contribution in [2.75, 3.05) is 5.32 Å². The summed E-state index contributed by atoms with van der Waals surface area (Å²) < 4.78 is 0. The molecule has 5 nitrogen and oxygen atoms in total. The van der Waals surface area contributed by atoms with Gasteiger partial charge in [0, 0.05) is 24.4 Å². The zero-order chi connectivity index (χ0) is 19.1. The van der Waals surface area contributed by atoms with Crippen LogP contribution in [0.4, 0.5) is 17.1 Å². The maximum Gasteiger partial charge on any atom is 0.269 e. The summed E-state index contributed by atoms with van der Waals surface area (Å²) >= 11 is 0. The first-order valence-electron chi connectivity index (χ1n) is 8.66. The zero-order valence-electron chi connectivity index (χ0n) is 14.8. The van der Waals surface area contributed by atoms with E-state index in [0.29, 0.717) is 5.69 Å². The number of hydrogen-bond donors (Lipinski definition) is 1. The predicted molar refractivity (Wildman–Crippen MR) is 107 cm³/mol. The van der Waals surface area contributed by atoms with Gasteiger partial charge in [-0.25, -0.2) is 4.85 Å². The summed E-state index contributed by atoms with van der Waals surface area (Å²) in [5.41, 5.74) is 5.26. The van der Waals surface area contributed by atoms with Crippen LogP contribution < -0.4 is 5.32 Å². The summed E-state index contributed by atoms with van der Waals surface area (Å²) in [4.78, 5) is 13.7. The number of nitro benzene ring substituents is 1. The fourth-order valence-electron chi connectivity index (χ4n) is 2.75. The predicted octanol–water partition coefficient (Wildman–Crippen LogP) is 5.54. The van der Waals surface area contributed by atoms with E-state index in [1.54, 1.807) is 24.3 Å². The van der Waals surface area contributed by atoms with Gasteiger partial charge in [0.25, 0.3) is 5.69 Å². The van der Waals surface area contributed by atoms with E-state index in [2.05, 4.69) is 34.4 Å². The van der Waals surface area contributed by atoms with Gasteiger partial charge in [0.05, 0.1) is 11.5 Å². The van der Waals surface area contributed by atoms with Crippen molar-refractivity contribution < 1.29 is 4.92 Å². The molecule has 0 aliphatic heterocycles. The molecule has 0 saturated heterocycles. The third kappa shape index (κ3) is 5.16. The van der Waals surface area contributed by atoms with Crippen molar-refractivity contribution in [3.05, 3.63) is 111 Å². The molecule has 0 fully saturated rings. The lowest BCUT2D eigenvalue weighted by atomic mass is 10.0. The molecule has 0 aliphatic carbocycles. The van der Waals surface area contributed by atoms with Crippen LogP contribution in [0.5, 0.6) is 0 Å². The third-order valence-electron chi connectivity index (χ3n) is 4.37. The van der Waals surface area contributed by atoms with E-state index >= 15 is 0 Å². The molecular formula is C22H19N3O2. The second kappa shape index (κ2) is 8.63. The second-order valence-electron chi connectivity index (χ2n) is 6.25. The van der Waals surface area contributed by atoms with Gasteiger partial charge in [-0.05, 0) is 41.7 Å². The summed E-state index contributed by atoms with van der Waals surface area (Å²) in [6, 6.07) is 22.6. The summed E-state index contributed by atoms with van der Waals surface area (Å²) in [5, 5.41) is 14.0. The monoisotopic (exact) mass is 357 g/mol. The van der Waals surface area contributed by atoms with E-state index < -0.39 is 0 Å². The van der Waals surface area contributed by atoms with E-state index in [0.717, 1.165) is 30.6 Å². The van der Waals surface area contributed by atoms with E-state index in [-0.39, 0.29) is 10.6 Å². The Bertz CT molecular complexity index is 941. The molecule has 27 heavy (non-hydrogen) atoms. The first kappa shape index (κ1) is 18.2. The first-order chi connectivity index (χ1) is 13.1. The minimum atomic E-state index is -0.379. The van der Waals surface area contributed by atoms with Crippen LogP contribution in [0.1, 0.15) is 16.7 Å². The van der Waals surface area contributed by atoms with Gasteiger partial charge in [0.15, 0.2) is 5.69 Å². The van der Waals surface area contributed by atoms with Crippen LogP contribution in [0.25, 0.3) is 4.85 Å². The molecule has 1 N–H and O–H groups in total. The number of anilines is 1. The molecule has 0 heterocycles. The maximum absolute atomic E-state index is 10.7. The molecule has 3 aromatic carbocycles. The minimum absolute atomic E-state index is 0.124. The molecular weight excluding hydrogens is 338 g/mol. The topological polar surface area (TPSA) is 59.5 Å². The van der Waals surface area contributed by atoms with Gasteiger partial charge in [0.2, 0.25) is 0 Å². The van der Waals surface area contributed by atoms with Crippen LogP contribution in [0.15, 0.2) is 72.8 Å². The maximum atomic E-state index is 10.7. The molecule has 0 radical (unpaired) electrons. The number of nitro groups is 1. The van der Waals surface area contributed by atoms with Crippen molar-refractivity contribution in [3.63, 3.8) is 0 Å². The van der Waals surface area contributed by atoms with Crippen LogP contribution in [-0.2, 0) is 19.4 Å². The lowest BCUT2D eigenvalue weighted by molar-refractivity contribution is -0.384. The minimum Gasteiger partial charge on any atom is -0.381 e. The fourth-order valence-corrected chi connectivity index (χ4v) is 2.75. The van der Waals surface area contributed by atoms with E-state index in [4.69, 9.17) is 6.57 Å². The first-order valence-corrected chi connectivity index (χ1v) is 8.66. The Labute approximate surface area is 158 Å². The number of nitrogens with one attached hydrogen (secondary N) is 1. The van der Waals surface area contributed by atoms with Gasteiger partial charge in [0.1, 0.15) is 0 Å². The number of hydrogen-bond acceptors (Lipinski definition) is 3. The highest BCUT2D eigenvalue weighted by molar-refractivity contribution is 5.54. The fraction of sp³-hybridized carbons (Fsp3) is 0.136. The average Bonchev–Trinajstić information content (AvgIpc) is 2.72. The van der Waals surface area contributed by atoms with E-state index in [9.17, 15) is 10.1 Å². The van der Waals surface area contributed by atoms with Gasteiger partial charge in [-0.15, -0.1) is 0 Å². The van der Waals surface area contributed by atoms with Gasteiger partial charge in [-0.1, -0.05) is 48.5 Å². The highest BCUT2D eigenvalue weighted by atomic mass is 16.6. The van der Waals surface area contributed by atoms with Crippen molar-refractivity contribution in [1.29, 1.82) is 0 Å². The summed E-state index contributed by atoms with van der Waals surface area (Å²) in [6.45, 7) is 7.69. The lowest BCUT2D eigenvalue weighted by Crippen LogP contribution is -1.99. The Morgan fingerprint density at radius 1 is 0.815 bits per heavy atom. The van der Waals surface area contributed by atoms with E-state index in [1.165, 1.54) is 11.1 Å². The zero-order valence-corrected chi connectivity index (χ0v) is 14.8. The number of aryl methyl sites for hydroxylation is 2. The molecule has 3 rings (SSSR count). The van der Waals surface area contributed by atoms with Crippen LogP contribution in [0.3, 0.4) is 0 Å². The normalized spacial score (nSPS) is 10.2. The summed E-state index contributed by atoms with van der Waals surface area (Å²) in [7, 11) is 0. The molecule has 134 valence electrons. The van der Waals surface area contributed by atoms with Crippen molar-refractivity contribution in [3.8, 4) is 0 Å². The number of non-ortho nitro benzene ring substituents is 1. The smallest absolute Gasteiger partial charge is 0.269 e. The van der Waals surface area contributed by atoms with Crippen LogP contribution >= 0.6 is 0 Å². The molecule has 0 bridgehead atoms. The molecule has 0 aliphatic rings. The van der Waals surface area contributed by atoms with Crippen molar-refractivity contribution in [2.24, 2.45) is 0 Å². The Morgan fingerprint density at radius 3 is 1.85 bits per heavy atom. The van der Waals surface area contributed by atoms with Crippen LogP contribution in [0.2, 0.25) is 0 Å². The second-order valence-corrected chi connectivity index (χ2v) is 6.25. The largest absolute Gasteiger partial charge is 0.381 e. The van der Waals surface area contributed by atoms with Crippen molar-refractivity contribution in [1.82, 2.24) is 0 Å². The Balaban J connectivity index is 1.50. The summed E-state index contributed by atoms with van der Waals surface area (Å²) in [6.07, 6.45) is 1.74. The molecule has 5 heteroatoms. The highest BCUT2D eigenvalue weighted by Crippen LogP contribution is 2.17. The average molecular weight is 357 g/mol. The molecule has 0 amide bonds. The number of rotatable bonds is 7. The van der Waals surface area contributed by atoms with E-state index in [1.807, 2.05) is 24.3 Å². The SMILES string of the molecule is [C-]#[N+]c1ccc(NCc2ccc(CCc3ccc([N+](=O)[O-])cc3)cc2)cc1. The molecule has 0 aromatic heterocycles. The van der Waals surface area contributed by atoms with Crippen molar-refractivity contribution >= 4 is 17.1 Å². The van der Waals surface area contributed by atoms with Gasteiger partial charge in [-0.2, -0.15) is 0 Å². The molecule has 0 spiro atoms. The van der Waals surface area contributed by atoms with Crippen LogP contribution in [-0.4, -0.2) is 4.92 Å². The Kier molecular flexibility index (Phi) is 5.80. The quantitative estimate of drug-likeness (QED) is 0.343. The highest BCUT2D eigenvalue weighted by Gasteiger charge is 2.04. The lowest BCUT2D eigenvalue weighted by Gasteiger charge is -2.08. The third-order valence-corrected chi connectivity index (χ3v) is 4.37. The molecule has 0 unspecified atom stereocenters. The molecule has 0 saturated carbocycles. The number of nitrogens with zero attached hydrogens (tertiary/aromatic N) is 2. The van der Waals surface area contributed by atoms with Gasteiger partial charge in [-0.3, -0.25) is 10.1 Å². The standard InChI is InChI=1S/C22H19N3O2/c1-23-20-10-12-21(13-11-20)24-16-19-6-4-17(5-7-19)2-3-18-8-14-22(15-9-18)25(26)27/h4-15,24H,2-3,16H2. The van der Waals surface area contributed by atoms with Gasteiger partial charge >= 0.3 is 0 Å². The van der Waals surface area contributed by atoms with Gasteiger partial charge < -0.3 is 5.32 Å². The Morgan fingerprint density at radius 2 is 1.33 bits per heavy atom. The number of benzene rings is 3.